The Morgan fingerprint density at radius 1 is 1.32 bits per heavy atom. The third-order valence-electron chi connectivity index (χ3n) is 3.81. The van der Waals surface area contributed by atoms with E-state index in [9.17, 15) is 5.26 Å². The van der Waals surface area contributed by atoms with Gasteiger partial charge in [-0.25, -0.2) is 0 Å². The Bertz CT molecular complexity index is 476. The maximum Gasteiger partial charge on any atom is 0.123 e. The second-order valence-electron chi connectivity index (χ2n) is 5.03. The van der Waals surface area contributed by atoms with Crippen molar-refractivity contribution in [2.75, 3.05) is 20.8 Å². The van der Waals surface area contributed by atoms with Gasteiger partial charge in [-0.3, -0.25) is 0 Å². The number of nitriles is 1. The van der Waals surface area contributed by atoms with E-state index in [0.717, 1.165) is 42.9 Å². The Morgan fingerprint density at radius 2 is 2.11 bits per heavy atom. The third-order valence-corrected chi connectivity index (χ3v) is 3.81. The molecule has 102 valence electrons. The van der Waals surface area contributed by atoms with E-state index in [1.807, 2.05) is 18.2 Å². The molecule has 0 spiro atoms. The molecule has 0 amide bonds. The van der Waals surface area contributed by atoms with Gasteiger partial charge in [0, 0.05) is 18.7 Å². The van der Waals surface area contributed by atoms with Crippen LogP contribution in [0.4, 0.5) is 0 Å². The topological polar surface area (TPSA) is 54.3 Å². The summed E-state index contributed by atoms with van der Waals surface area (Å²) in [7, 11) is 3.31. The normalized spacial score (nSPS) is 16.3. The number of ether oxygens (including phenoxy) is 2. The van der Waals surface area contributed by atoms with E-state index >= 15 is 0 Å². The first-order valence-electron chi connectivity index (χ1n) is 6.56. The minimum Gasteiger partial charge on any atom is -0.497 e. The van der Waals surface area contributed by atoms with Gasteiger partial charge >= 0.3 is 0 Å². The van der Waals surface area contributed by atoms with E-state index in [2.05, 4.69) is 11.4 Å². The molecule has 1 aromatic rings. The number of hydrogen-bond donors (Lipinski definition) is 1. The Morgan fingerprint density at radius 3 is 2.63 bits per heavy atom. The molecule has 0 heterocycles. The van der Waals surface area contributed by atoms with Crippen molar-refractivity contribution in [2.45, 2.75) is 25.8 Å². The average molecular weight is 260 g/mol. The van der Waals surface area contributed by atoms with Crippen molar-refractivity contribution < 1.29 is 9.47 Å². The SMILES string of the molecule is COc1ccc(OC)c(CNCC2(C#N)CCC2)c1. The fourth-order valence-electron chi connectivity index (χ4n) is 2.39. The van der Waals surface area contributed by atoms with Gasteiger partial charge in [0.1, 0.15) is 11.5 Å². The molecular formula is C15H20N2O2. The fraction of sp³-hybridized carbons (Fsp3) is 0.533. The number of benzene rings is 1. The molecular weight excluding hydrogens is 240 g/mol. The summed E-state index contributed by atoms with van der Waals surface area (Å²) in [4.78, 5) is 0. The lowest BCUT2D eigenvalue weighted by atomic mass is 9.70. The molecule has 1 aliphatic carbocycles. The number of nitrogens with zero attached hydrogens (tertiary/aromatic N) is 1. The Hall–Kier alpha value is -1.73. The zero-order valence-corrected chi connectivity index (χ0v) is 11.5. The predicted molar refractivity (Wildman–Crippen MR) is 73.1 cm³/mol. The van der Waals surface area contributed by atoms with Crippen LogP contribution in [0, 0.1) is 16.7 Å². The van der Waals surface area contributed by atoms with Gasteiger partial charge in [0.25, 0.3) is 0 Å². The van der Waals surface area contributed by atoms with Crippen LogP contribution in [-0.4, -0.2) is 20.8 Å². The molecule has 0 saturated heterocycles. The Balaban J connectivity index is 1.96. The van der Waals surface area contributed by atoms with Crippen molar-refractivity contribution in [1.29, 1.82) is 5.26 Å². The van der Waals surface area contributed by atoms with E-state index < -0.39 is 0 Å². The summed E-state index contributed by atoms with van der Waals surface area (Å²) >= 11 is 0. The van der Waals surface area contributed by atoms with Crippen LogP contribution in [0.5, 0.6) is 11.5 Å². The lowest BCUT2D eigenvalue weighted by Crippen LogP contribution is -2.38. The van der Waals surface area contributed by atoms with Crippen molar-refractivity contribution in [3.63, 3.8) is 0 Å². The van der Waals surface area contributed by atoms with Crippen LogP contribution in [0.2, 0.25) is 0 Å². The van der Waals surface area contributed by atoms with Gasteiger partial charge in [-0.05, 0) is 31.0 Å². The third kappa shape index (κ3) is 2.99. The number of nitrogens with one attached hydrogen (secondary N) is 1. The zero-order valence-electron chi connectivity index (χ0n) is 11.5. The second kappa shape index (κ2) is 5.94. The highest BCUT2D eigenvalue weighted by Gasteiger charge is 2.36. The molecule has 4 heteroatoms. The minimum absolute atomic E-state index is 0.147. The number of methoxy groups -OCH3 is 2. The van der Waals surface area contributed by atoms with Crippen molar-refractivity contribution in [2.24, 2.45) is 5.41 Å². The first-order valence-corrected chi connectivity index (χ1v) is 6.56. The first kappa shape index (κ1) is 13.7. The van der Waals surface area contributed by atoms with Gasteiger partial charge < -0.3 is 14.8 Å². The zero-order chi connectivity index (χ0) is 13.7. The summed E-state index contributed by atoms with van der Waals surface area (Å²) in [5.41, 5.74) is 0.904. The van der Waals surface area contributed by atoms with E-state index in [-0.39, 0.29) is 5.41 Å². The molecule has 1 N–H and O–H groups in total. The monoisotopic (exact) mass is 260 g/mol. The highest BCUT2D eigenvalue weighted by molar-refractivity contribution is 5.40. The first-order chi connectivity index (χ1) is 9.23. The van der Waals surface area contributed by atoms with Crippen LogP contribution in [0.25, 0.3) is 0 Å². The van der Waals surface area contributed by atoms with Crippen LogP contribution in [0.3, 0.4) is 0 Å². The van der Waals surface area contributed by atoms with Crippen LogP contribution in [-0.2, 0) is 6.54 Å². The van der Waals surface area contributed by atoms with Crippen molar-refractivity contribution in [3.8, 4) is 17.6 Å². The van der Waals surface area contributed by atoms with Gasteiger partial charge in [0.15, 0.2) is 0 Å². The lowest BCUT2D eigenvalue weighted by Gasteiger charge is -2.35. The molecule has 0 unspecified atom stereocenters. The minimum atomic E-state index is -0.147. The van der Waals surface area contributed by atoms with Crippen LogP contribution >= 0.6 is 0 Å². The van der Waals surface area contributed by atoms with Gasteiger partial charge in [-0.1, -0.05) is 6.42 Å². The molecule has 2 rings (SSSR count). The van der Waals surface area contributed by atoms with Gasteiger partial charge in [-0.15, -0.1) is 0 Å². The maximum atomic E-state index is 9.18. The largest absolute Gasteiger partial charge is 0.497 e. The Kier molecular flexibility index (Phi) is 4.28. The maximum absolute atomic E-state index is 9.18. The quantitative estimate of drug-likeness (QED) is 0.853. The molecule has 0 bridgehead atoms. The van der Waals surface area contributed by atoms with Gasteiger partial charge in [0.05, 0.1) is 25.7 Å². The molecule has 0 radical (unpaired) electrons. The predicted octanol–water partition coefficient (Wildman–Crippen LogP) is 2.49. The highest BCUT2D eigenvalue weighted by atomic mass is 16.5. The molecule has 1 aliphatic rings. The molecule has 0 atom stereocenters. The number of hydrogen-bond acceptors (Lipinski definition) is 4. The van der Waals surface area contributed by atoms with Crippen molar-refractivity contribution in [3.05, 3.63) is 23.8 Å². The number of rotatable bonds is 6. The summed E-state index contributed by atoms with van der Waals surface area (Å²) in [5, 5.41) is 12.5. The Labute approximate surface area is 114 Å². The summed E-state index contributed by atoms with van der Waals surface area (Å²) < 4.78 is 10.6. The van der Waals surface area contributed by atoms with Crippen molar-refractivity contribution in [1.82, 2.24) is 5.32 Å². The van der Waals surface area contributed by atoms with E-state index in [1.165, 1.54) is 0 Å². The molecule has 1 fully saturated rings. The summed E-state index contributed by atoms with van der Waals surface area (Å²) in [6.07, 6.45) is 3.18. The van der Waals surface area contributed by atoms with E-state index in [4.69, 9.17) is 9.47 Å². The van der Waals surface area contributed by atoms with Crippen molar-refractivity contribution >= 4 is 0 Å². The van der Waals surface area contributed by atoms with Crippen LogP contribution in [0.1, 0.15) is 24.8 Å². The summed E-state index contributed by atoms with van der Waals surface area (Å²) in [6, 6.07) is 8.18. The molecule has 0 aliphatic heterocycles. The van der Waals surface area contributed by atoms with Crippen LogP contribution < -0.4 is 14.8 Å². The summed E-state index contributed by atoms with van der Waals surface area (Å²) in [6.45, 7) is 1.42. The highest BCUT2D eigenvalue weighted by Crippen LogP contribution is 2.39. The standard InChI is InChI=1S/C15H20N2O2/c1-18-13-4-5-14(19-2)12(8-13)9-17-11-15(10-16)6-3-7-15/h4-5,8,17H,3,6-7,9,11H2,1-2H3. The smallest absolute Gasteiger partial charge is 0.123 e. The van der Waals surface area contributed by atoms with Gasteiger partial charge in [0.2, 0.25) is 0 Å². The van der Waals surface area contributed by atoms with E-state index in [0.29, 0.717) is 6.54 Å². The molecule has 4 nitrogen and oxygen atoms in total. The van der Waals surface area contributed by atoms with E-state index in [1.54, 1.807) is 14.2 Å². The van der Waals surface area contributed by atoms with Gasteiger partial charge in [-0.2, -0.15) is 5.26 Å². The molecule has 19 heavy (non-hydrogen) atoms. The molecule has 0 aromatic heterocycles. The average Bonchev–Trinajstić information content (AvgIpc) is 2.41. The molecule has 1 saturated carbocycles. The lowest BCUT2D eigenvalue weighted by molar-refractivity contribution is 0.206. The second-order valence-corrected chi connectivity index (χ2v) is 5.03. The molecule has 1 aromatic carbocycles. The van der Waals surface area contributed by atoms with Crippen LogP contribution in [0.15, 0.2) is 18.2 Å². The fourth-order valence-corrected chi connectivity index (χ4v) is 2.39. The summed E-state index contributed by atoms with van der Waals surface area (Å²) in [5.74, 6) is 1.66.